The lowest BCUT2D eigenvalue weighted by Crippen LogP contribution is -2.60. The maximum Gasteiger partial charge on any atom is 0.326 e. The van der Waals surface area contributed by atoms with Gasteiger partial charge in [-0.25, -0.2) is 9.59 Å². The fourth-order valence-electron chi connectivity index (χ4n) is 4.90. The maximum atomic E-state index is 13.2. The molecule has 0 aromatic heterocycles. The van der Waals surface area contributed by atoms with Crippen molar-refractivity contribution in [3.05, 3.63) is 34.9 Å². The molecule has 1 aliphatic carbocycles. The second-order valence-electron chi connectivity index (χ2n) is 8.42. The molecule has 1 heterocycles. The highest BCUT2D eigenvalue weighted by atomic mass is 35.5. The van der Waals surface area contributed by atoms with Crippen molar-refractivity contribution in [3.8, 4) is 0 Å². The number of amides is 3. The second-order valence-corrected chi connectivity index (χ2v) is 8.83. The predicted octanol–water partition coefficient (Wildman–Crippen LogP) is 2.58. The molecule has 1 aromatic carbocycles. The van der Waals surface area contributed by atoms with E-state index in [2.05, 4.69) is 5.32 Å². The number of carbonyl (C=O) groups excluding carboxylic acids is 2. The van der Waals surface area contributed by atoms with E-state index in [1.807, 2.05) is 12.1 Å². The fraction of sp³-hybridized carbons (Fsp3) is 0.591. The Bertz CT molecular complexity index is 850. The summed E-state index contributed by atoms with van der Waals surface area (Å²) < 4.78 is 0. The van der Waals surface area contributed by atoms with Crippen LogP contribution >= 0.6 is 11.6 Å². The summed E-state index contributed by atoms with van der Waals surface area (Å²) in [6.45, 7) is 1.90. The van der Waals surface area contributed by atoms with Crippen molar-refractivity contribution in [2.24, 2.45) is 0 Å². The maximum absolute atomic E-state index is 13.2. The van der Waals surface area contributed by atoms with Crippen LogP contribution in [0.1, 0.15) is 51.0 Å². The smallest absolute Gasteiger partial charge is 0.326 e. The topological polar surface area (TPSA) is 110 Å². The number of nitrogens with one attached hydrogen (secondary N) is 1. The Morgan fingerprint density at radius 3 is 2.58 bits per heavy atom. The van der Waals surface area contributed by atoms with Gasteiger partial charge in [0.25, 0.3) is 0 Å². The molecule has 4 atom stereocenters. The molecule has 2 aliphatic rings. The minimum absolute atomic E-state index is 0.355. The standard InChI is InChI=1S/C22H30ClN3O5/c1-14(19(28)26-13-7-10-17(26)20(29)30)24-21(31)25(2)22(12-6-5-11-18(22)27)15-8-3-4-9-16(15)23/h3-4,8-9,14,17-18,27H,5-7,10-13H2,1-2H3,(H,24,31)(H,29,30)/t14-,17-,18?,22-/m0/s1. The molecule has 170 valence electrons. The molecule has 0 radical (unpaired) electrons. The molecular weight excluding hydrogens is 422 g/mol. The Morgan fingerprint density at radius 1 is 1.23 bits per heavy atom. The lowest BCUT2D eigenvalue weighted by molar-refractivity contribution is -0.148. The van der Waals surface area contributed by atoms with Crippen LogP contribution in [-0.2, 0) is 15.1 Å². The van der Waals surface area contributed by atoms with Crippen molar-refractivity contribution in [1.82, 2.24) is 15.1 Å². The number of rotatable bonds is 5. The number of hydrogen-bond acceptors (Lipinski definition) is 4. The number of aliphatic carboxylic acids is 1. The first-order chi connectivity index (χ1) is 14.7. The van der Waals surface area contributed by atoms with E-state index in [0.29, 0.717) is 42.8 Å². The highest BCUT2D eigenvalue weighted by molar-refractivity contribution is 6.31. The van der Waals surface area contributed by atoms with Crippen molar-refractivity contribution in [2.45, 2.75) is 69.2 Å². The number of hydrogen-bond donors (Lipinski definition) is 3. The number of halogens is 1. The van der Waals surface area contributed by atoms with Crippen LogP contribution in [0.15, 0.2) is 24.3 Å². The van der Waals surface area contributed by atoms with Gasteiger partial charge < -0.3 is 25.3 Å². The third-order valence-corrected chi connectivity index (χ3v) is 6.94. The zero-order valence-electron chi connectivity index (χ0n) is 17.9. The summed E-state index contributed by atoms with van der Waals surface area (Å²) in [5.74, 6) is -1.47. The van der Waals surface area contributed by atoms with Gasteiger partial charge in [-0.05, 0) is 44.2 Å². The third kappa shape index (κ3) is 4.36. The molecule has 1 aromatic rings. The highest BCUT2D eigenvalue weighted by Gasteiger charge is 2.48. The van der Waals surface area contributed by atoms with E-state index >= 15 is 0 Å². The second kappa shape index (κ2) is 9.44. The molecule has 9 heteroatoms. The van der Waals surface area contributed by atoms with Crippen molar-refractivity contribution in [2.75, 3.05) is 13.6 Å². The molecule has 2 fully saturated rings. The number of carbonyl (C=O) groups is 3. The minimum atomic E-state index is -1.04. The molecule has 1 saturated heterocycles. The van der Waals surface area contributed by atoms with Crippen LogP contribution in [0.25, 0.3) is 0 Å². The Balaban J connectivity index is 1.81. The van der Waals surface area contributed by atoms with E-state index < -0.39 is 41.6 Å². The van der Waals surface area contributed by atoms with E-state index in [0.717, 1.165) is 12.8 Å². The van der Waals surface area contributed by atoms with Gasteiger partial charge in [-0.1, -0.05) is 42.6 Å². The zero-order chi connectivity index (χ0) is 22.8. The first-order valence-electron chi connectivity index (χ1n) is 10.7. The van der Waals surface area contributed by atoms with Gasteiger partial charge in [-0.3, -0.25) is 4.79 Å². The first-order valence-corrected chi connectivity index (χ1v) is 11.1. The number of likely N-dealkylation sites (N-methyl/N-ethyl adjacent to an activating group) is 1. The molecule has 31 heavy (non-hydrogen) atoms. The van der Waals surface area contributed by atoms with Gasteiger partial charge in [0.1, 0.15) is 12.1 Å². The normalized spacial score (nSPS) is 26.9. The summed E-state index contributed by atoms with van der Waals surface area (Å²) in [5.41, 5.74) is -0.341. The molecule has 1 saturated carbocycles. The summed E-state index contributed by atoms with van der Waals surface area (Å²) in [6, 6.07) is 4.88. The summed E-state index contributed by atoms with van der Waals surface area (Å²) in [5, 5.41) is 23.5. The molecule has 1 unspecified atom stereocenters. The van der Waals surface area contributed by atoms with Gasteiger partial charge in [0, 0.05) is 18.6 Å². The molecule has 1 aliphatic heterocycles. The Labute approximate surface area is 187 Å². The fourth-order valence-corrected chi connectivity index (χ4v) is 5.20. The Hall–Kier alpha value is -2.32. The van der Waals surface area contributed by atoms with Crippen LogP contribution in [0.3, 0.4) is 0 Å². The zero-order valence-corrected chi connectivity index (χ0v) is 18.6. The van der Waals surface area contributed by atoms with Gasteiger partial charge in [-0.15, -0.1) is 0 Å². The van der Waals surface area contributed by atoms with Gasteiger partial charge in [0.2, 0.25) is 5.91 Å². The number of urea groups is 1. The number of aliphatic hydroxyl groups is 1. The van der Waals surface area contributed by atoms with Crippen molar-refractivity contribution in [1.29, 1.82) is 0 Å². The van der Waals surface area contributed by atoms with Crippen LogP contribution in [0, 0.1) is 0 Å². The molecule has 3 rings (SSSR count). The molecular formula is C22H30ClN3O5. The minimum Gasteiger partial charge on any atom is -0.480 e. The number of nitrogens with zero attached hydrogens (tertiary/aromatic N) is 2. The van der Waals surface area contributed by atoms with Crippen LogP contribution in [0.5, 0.6) is 0 Å². The average Bonchev–Trinajstić information content (AvgIpc) is 3.24. The average molecular weight is 452 g/mol. The van der Waals surface area contributed by atoms with E-state index in [-0.39, 0.29) is 0 Å². The van der Waals surface area contributed by atoms with Crippen LogP contribution in [0.2, 0.25) is 5.02 Å². The lowest BCUT2D eigenvalue weighted by atomic mass is 9.73. The van der Waals surface area contributed by atoms with Crippen molar-refractivity contribution < 1.29 is 24.6 Å². The van der Waals surface area contributed by atoms with Crippen molar-refractivity contribution in [3.63, 3.8) is 0 Å². The van der Waals surface area contributed by atoms with Gasteiger partial charge in [0.05, 0.1) is 11.6 Å². The number of likely N-dealkylation sites (tertiary alicyclic amines) is 1. The first kappa shape index (κ1) is 23.3. The SMILES string of the molecule is C[C@H](NC(=O)N(C)[C@]1(c2ccccc2Cl)CCCCC1O)C(=O)N1CCC[C@H]1C(=O)O. The van der Waals surface area contributed by atoms with E-state index in [9.17, 15) is 24.6 Å². The van der Waals surface area contributed by atoms with Crippen LogP contribution in [0.4, 0.5) is 4.79 Å². The van der Waals surface area contributed by atoms with E-state index in [1.165, 1.54) is 9.80 Å². The quantitative estimate of drug-likeness (QED) is 0.637. The van der Waals surface area contributed by atoms with Crippen LogP contribution < -0.4 is 5.32 Å². The number of aliphatic hydroxyl groups excluding tert-OH is 1. The van der Waals surface area contributed by atoms with Crippen LogP contribution in [-0.4, -0.2) is 69.7 Å². The van der Waals surface area contributed by atoms with Gasteiger partial charge in [-0.2, -0.15) is 0 Å². The summed E-state index contributed by atoms with van der Waals surface area (Å²) in [7, 11) is 1.60. The van der Waals surface area contributed by atoms with E-state index in [1.54, 1.807) is 26.1 Å². The highest BCUT2D eigenvalue weighted by Crippen LogP contribution is 2.44. The predicted molar refractivity (Wildman–Crippen MR) is 116 cm³/mol. The monoisotopic (exact) mass is 451 g/mol. The number of carboxylic acid groups (broad SMARTS) is 1. The van der Waals surface area contributed by atoms with Gasteiger partial charge in [0.15, 0.2) is 0 Å². The summed E-state index contributed by atoms with van der Waals surface area (Å²) >= 11 is 6.46. The molecule has 8 nitrogen and oxygen atoms in total. The summed E-state index contributed by atoms with van der Waals surface area (Å²) in [6.07, 6.45) is 2.96. The lowest BCUT2D eigenvalue weighted by Gasteiger charge is -2.48. The largest absolute Gasteiger partial charge is 0.480 e. The molecule has 0 bridgehead atoms. The third-order valence-electron chi connectivity index (χ3n) is 6.61. The number of carboxylic acids is 1. The molecule has 3 amide bonds. The Kier molecular flexibility index (Phi) is 7.11. The Morgan fingerprint density at radius 2 is 1.94 bits per heavy atom. The molecule has 3 N–H and O–H groups in total. The number of benzene rings is 1. The summed E-state index contributed by atoms with van der Waals surface area (Å²) in [4.78, 5) is 40.2. The van der Waals surface area contributed by atoms with E-state index in [4.69, 9.17) is 11.6 Å². The molecule has 0 spiro atoms. The van der Waals surface area contributed by atoms with Crippen molar-refractivity contribution >= 4 is 29.5 Å². The van der Waals surface area contributed by atoms with Gasteiger partial charge >= 0.3 is 12.0 Å².